The Bertz CT molecular complexity index is 790. The van der Waals surface area contributed by atoms with Crippen molar-refractivity contribution in [3.05, 3.63) is 58.2 Å². The molecule has 0 radical (unpaired) electrons. The number of aliphatic hydroxyl groups is 3. The molecule has 9 nitrogen and oxygen atoms in total. The summed E-state index contributed by atoms with van der Waals surface area (Å²) in [5, 5.41) is 43.3. The van der Waals surface area contributed by atoms with Crippen molar-refractivity contribution in [1.29, 1.82) is 0 Å². The number of benzene rings is 1. The summed E-state index contributed by atoms with van der Waals surface area (Å²) in [6.07, 6.45) is 9.38. The number of unbranched alkanes of at least 4 members (excludes halogenated alkanes) is 2. The first kappa shape index (κ1) is 29.7. The number of hydrogen-bond donors (Lipinski definition) is 4. The highest BCUT2D eigenvalue weighted by molar-refractivity contribution is 5.75. The van der Waals surface area contributed by atoms with Crippen LogP contribution in [0.25, 0.3) is 0 Å². The van der Waals surface area contributed by atoms with Crippen LogP contribution in [0.15, 0.2) is 42.5 Å². The normalized spacial score (nSPS) is 22.5. The summed E-state index contributed by atoms with van der Waals surface area (Å²) in [6.45, 7) is 0.510. The van der Waals surface area contributed by atoms with Gasteiger partial charge in [0.1, 0.15) is 0 Å². The Labute approximate surface area is 213 Å². The first-order valence-electron chi connectivity index (χ1n) is 13.1. The Balaban J connectivity index is 1.60. The summed E-state index contributed by atoms with van der Waals surface area (Å²) in [6, 6.07) is 10.1. The molecule has 0 bridgehead atoms. The zero-order valence-corrected chi connectivity index (χ0v) is 21.0. The maximum Gasteiger partial charge on any atom is 0.294 e. The first-order valence-corrected chi connectivity index (χ1v) is 13.1. The lowest BCUT2D eigenvalue weighted by Gasteiger charge is -2.23. The molecule has 36 heavy (non-hydrogen) atoms. The minimum absolute atomic E-state index is 0.0276. The minimum Gasteiger partial charge on any atom is -0.393 e. The third-order valence-corrected chi connectivity index (χ3v) is 6.90. The standard InChI is InChI=1S/C27H42N2O7/c30-22(15-14-21-10-4-3-5-11-21)16-17-24-23(25(31)20-26(24)32)12-6-1-2-7-13-27(33)28-18-8-9-19-36-29(34)35/h1,3-6,10-11,22-26,30-32H,2,7-9,12-20H2,(H,28,33)/b6-1-/t22-,23+,24+,25-,26+/m0/s1. The Hall–Kier alpha value is -2.49. The third-order valence-electron chi connectivity index (χ3n) is 6.90. The molecule has 0 heterocycles. The van der Waals surface area contributed by atoms with Crippen LogP contribution in [0.5, 0.6) is 0 Å². The highest BCUT2D eigenvalue weighted by Crippen LogP contribution is 2.38. The number of allylic oxidation sites excluding steroid dienone is 2. The van der Waals surface area contributed by atoms with Gasteiger partial charge in [-0.2, -0.15) is 0 Å². The third kappa shape index (κ3) is 12.0. The topological polar surface area (TPSA) is 142 Å². The second-order valence-electron chi connectivity index (χ2n) is 9.67. The number of aryl methyl sites for hydroxylation is 1. The highest BCUT2D eigenvalue weighted by atomic mass is 16.9. The largest absolute Gasteiger partial charge is 0.393 e. The van der Waals surface area contributed by atoms with Crippen LogP contribution < -0.4 is 5.32 Å². The Morgan fingerprint density at radius 2 is 1.86 bits per heavy atom. The summed E-state index contributed by atoms with van der Waals surface area (Å²) in [4.78, 5) is 26.1. The molecule has 4 N–H and O–H groups in total. The fourth-order valence-electron chi connectivity index (χ4n) is 4.85. The smallest absolute Gasteiger partial charge is 0.294 e. The predicted molar refractivity (Wildman–Crippen MR) is 136 cm³/mol. The predicted octanol–water partition coefficient (Wildman–Crippen LogP) is 3.34. The molecular weight excluding hydrogens is 464 g/mol. The lowest BCUT2D eigenvalue weighted by molar-refractivity contribution is -0.757. The molecule has 5 atom stereocenters. The molecule has 0 aromatic heterocycles. The molecule has 2 rings (SSSR count). The number of nitrogens with one attached hydrogen (secondary N) is 1. The zero-order chi connectivity index (χ0) is 26.2. The molecule has 1 aliphatic rings. The summed E-state index contributed by atoms with van der Waals surface area (Å²) in [7, 11) is 0. The molecular formula is C27H42N2O7. The molecule has 0 unspecified atom stereocenters. The van der Waals surface area contributed by atoms with Gasteiger partial charge in [-0.05, 0) is 81.6 Å². The van der Waals surface area contributed by atoms with Crippen molar-refractivity contribution in [1.82, 2.24) is 5.32 Å². The second-order valence-corrected chi connectivity index (χ2v) is 9.67. The Kier molecular flexibility index (Phi) is 14.1. The fourth-order valence-corrected chi connectivity index (χ4v) is 4.85. The van der Waals surface area contributed by atoms with E-state index in [2.05, 4.69) is 22.3 Å². The average molecular weight is 507 g/mol. The molecule has 0 saturated heterocycles. The minimum atomic E-state index is -0.819. The summed E-state index contributed by atoms with van der Waals surface area (Å²) in [5.74, 6) is -0.100. The highest BCUT2D eigenvalue weighted by Gasteiger charge is 2.40. The quantitative estimate of drug-likeness (QED) is 0.103. The van der Waals surface area contributed by atoms with E-state index in [9.17, 15) is 30.2 Å². The molecule has 1 aromatic rings. The van der Waals surface area contributed by atoms with Gasteiger partial charge in [0.25, 0.3) is 5.09 Å². The Morgan fingerprint density at radius 1 is 1.11 bits per heavy atom. The van der Waals surface area contributed by atoms with Crippen LogP contribution in [-0.2, 0) is 16.1 Å². The van der Waals surface area contributed by atoms with Gasteiger partial charge in [-0.15, -0.1) is 10.1 Å². The monoisotopic (exact) mass is 506 g/mol. The number of carbonyl (C=O) groups excluding carboxylic acids is 1. The fraction of sp³-hybridized carbons (Fsp3) is 0.667. The summed E-state index contributed by atoms with van der Waals surface area (Å²) >= 11 is 0. The van der Waals surface area contributed by atoms with Crippen LogP contribution in [0.3, 0.4) is 0 Å². The number of hydrogen-bond acceptors (Lipinski definition) is 7. The van der Waals surface area contributed by atoms with E-state index in [1.54, 1.807) is 0 Å². The van der Waals surface area contributed by atoms with Crippen molar-refractivity contribution in [2.45, 2.75) is 88.9 Å². The summed E-state index contributed by atoms with van der Waals surface area (Å²) in [5.41, 5.74) is 1.20. The Morgan fingerprint density at radius 3 is 2.61 bits per heavy atom. The van der Waals surface area contributed by atoms with E-state index >= 15 is 0 Å². The number of aliphatic hydroxyl groups excluding tert-OH is 3. The van der Waals surface area contributed by atoms with Crippen LogP contribution in [0, 0.1) is 22.0 Å². The van der Waals surface area contributed by atoms with Crippen LogP contribution in [0.2, 0.25) is 0 Å². The number of rotatable bonds is 18. The SMILES string of the molecule is O=C(CCC/C=C\C[C@@H]1[C@@H](CC[C@@H](O)CCc2ccccc2)[C@H](O)C[C@@H]1O)NCCCCO[N+](=O)[O-]. The van der Waals surface area contributed by atoms with Gasteiger partial charge in [0, 0.05) is 13.0 Å². The first-order chi connectivity index (χ1) is 17.4. The van der Waals surface area contributed by atoms with Gasteiger partial charge >= 0.3 is 0 Å². The molecule has 1 amide bonds. The molecule has 1 fully saturated rings. The molecule has 202 valence electrons. The molecule has 1 saturated carbocycles. The van der Waals surface area contributed by atoms with Crippen LogP contribution >= 0.6 is 0 Å². The van der Waals surface area contributed by atoms with Gasteiger partial charge in [-0.3, -0.25) is 4.79 Å². The second kappa shape index (κ2) is 17.1. The van der Waals surface area contributed by atoms with Gasteiger partial charge in [0.15, 0.2) is 0 Å². The van der Waals surface area contributed by atoms with Crippen molar-refractivity contribution >= 4 is 5.91 Å². The van der Waals surface area contributed by atoms with Crippen molar-refractivity contribution < 1.29 is 30.0 Å². The van der Waals surface area contributed by atoms with Crippen molar-refractivity contribution in [2.24, 2.45) is 11.8 Å². The van der Waals surface area contributed by atoms with Gasteiger partial charge in [0.2, 0.25) is 5.91 Å². The van der Waals surface area contributed by atoms with Gasteiger partial charge in [-0.25, -0.2) is 0 Å². The van der Waals surface area contributed by atoms with Crippen molar-refractivity contribution in [3.63, 3.8) is 0 Å². The van der Waals surface area contributed by atoms with E-state index < -0.39 is 23.4 Å². The molecule has 1 aliphatic carbocycles. The maximum atomic E-state index is 11.8. The number of nitrogens with zero attached hydrogens (tertiary/aromatic N) is 1. The van der Waals surface area contributed by atoms with E-state index in [0.29, 0.717) is 64.3 Å². The number of amides is 1. The zero-order valence-electron chi connectivity index (χ0n) is 21.0. The van der Waals surface area contributed by atoms with Crippen LogP contribution in [0.1, 0.15) is 69.8 Å². The number of carbonyl (C=O) groups is 1. The van der Waals surface area contributed by atoms with E-state index in [0.717, 1.165) is 12.8 Å². The summed E-state index contributed by atoms with van der Waals surface area (Å²) < 4.78 is 0. The van der Waals surface area contributed by atoms with E-state index in [4.69, 9.17) is 0 Å². The molecule has 1 aromatic carbocycles. The van der Waals surface area contributed by atoms with Crippen molar-refractivity contribution in [3.8, 4) is 0 Å². The molecule has 0 aliphatic heterocycles. The van der Waals surface area contributed by atoms with E-state index in [1.807, 2.05) is 30.4 Å². The van der Waals surface area contributed by atoms with E-state index in [1.165, 1.54) is 5.56 Å². The molecule has 0 spiro atoms. The van der Waals surface area contributed by atoms with Gasteiger partial charge in [0.05, 0.1) is 24.9 Å². The van der Waals surface area contributed by atoms with Crippen LogP contribution in [0.4, 0.5) is 0 Å². The lowest BCUT2D eigenvalue weighted by Crippen LogP contribution is -2.24. The van der Waals surface area contributed by atoms with Gasteiger partial charge < -0.3 is 25.5 Å². The van der Waals surface area contributed by atoms with E-state index in [-0.39, 0.29) is 24.3 Å². The lowest BCUT2D eigenvalue weighted by atomic mass is 9.85. The van der Waals surface area contributed by atoms with Crippen LogP contribution in [-0.4, -0.2) is 57.8 Å². The van der Waals surface area contributed by atoms with Crippen molar-refractivity contribution in [2.75, 3.05) is 13.2 Å². The molecule has 9 heteroatoms. The van der Waals surface area contributed by atoms with Gasteiger partial charge in [-0.1, -0.05) is 42.5 Å². The average Bonchev–Trinajstić information content (AvgIpc) is 3.12. The maximum absolute atomic E-state index is 11.8.